The van der Waals surface area contributed by atoms with Crippen molar-refractivity contribution in [3.05, 3.63) is 0 Å². The first-order valence-corrected chi connectivity index (χ1v) is 8.11. The molecule has 0 aliphatic heterocycles. The second-order valence-electron chi connectivity index (χ2n) is 6.47. The molecule has 0 aromatic rings. The molecule has 0 amide bonds. The summed E-state index contributed by atoms with van der Waals surface area (Å²) in [5, 5.41) is 11.9. The second kappa shape index (κ2) is 10.0. The molecule has 0 rings (SSSR count). The van der Waals surface area contributed by atoms with Crippen LogP contribution in [0.3, 0.4) is 0 Å². The Bertz CT molecular complexity index is 277. The van der Waals surface area contributed by atoms with E-state index in [1.807, 2.05) is 13.8 Å². The summed E-state index contributed by atoms with van der Waals surface area (Å²) in [6.07, 6.45) is 6.99. The van der Waals surface area contributed by atoms with Crippen LogP contribution in [-0.2, 0) is 0 Å². The quantitative estimate of drug-likeness (QED) is 0.199. The largest absolute Gasteiger partial charge is 0.409 e. The lowest BCUT2D eigenvalue weighted by molar-refractivity contribution is 0.194. The van der Waals surface area contributed by atoms with Crippen molar-refractivity contribution in [1.82, 2.24) is 4.90 Å². The van der Waals surface area contributed by atoms with Crippen molar-refractivity contribution in [2.24, 2.45) is 16.3 Å². The third kappa shape index (κ3) is 7.13. The molecule has 4 nitrogen and oxygen atoms in total. The van der Waals surface area contributed by atoms with Crippen LogP contribution >= 0.6 is 0 Å². The van der Waals surface area contributed by atoms with Crippen molar-refractivity contribution < 1.29 is 5.21 Å². The summed E-state index contributed by atoms with van der Waals surface area (Å²) in [5.74, 6) is 0.335. The van der Waals surface area contributed by atoms with E-state index in [1.54, 1.807) is 0 Å². The standard InChI is InChI=1S/C16H35N3O/c1-6-8-12-19(14(3)7-2)13-10-9-11-16(4,5)15(17)18-20/h14,20H,6-13H2,1-5H3,(H2,17,18). The smallest absolute Gasteiger partial charge is 0.144 e. The van der Waals surface area contributed by atoms with Crippen molar-refractivity contribution in [1.29, 1.82) is 0 Å². The molecule has 0 heterocycles. The van der Waals surface area contributed by atoms with Crippen molar-refractivity contribution in [2.75, 3.05) is 13.1 Å². The molecule has 0 fully saturated rings. The summed E-state index contributed by atoms with van der Waals surface area (Å²) in [4.78, 5) is 2.60. The fourth-order valence-corrected chi connectivity index (χ4v) is 2.32. The molecule has 20 heavy (non-hydrogen) atoms. The minimum atomic E-state index is -0.209. The van der Waals surface area contributed by atoms with E-state index in [0.29, 0.717) is 11.9 Å². The van der Waals surface area contributed by atoms with E-state index in [-0.39, 0.29) is 5.41 Å². The van der Waals surface area contributed by atoms with Gasteiger partial charge in [-0.25, -0.2) is 0 Å². The summed E-state index contributed by atoms with van der Waals surface area (Å²) in [6.45, 7) is 13.2. The summed E-state index contributed by atoms with van der Waals surface area (Å²) in [7, 11) is 0. The zero-order chi connectivity index (χ0) is 15.6. The zero-order valence-electron chi connectivity index (χ0n) is 14.2. The lowest BCUT2D eigenvalue weighted by atomic mass is 9.86. The lowest BCUT2D eigenvalue weighted by Crippen LogP contribution is -2.35. The highest BCUT2D eigenvalue weighted by molar-refractivity contribution is 5.85. The number of nitrogens with zero attached hydrogens (tertiary/aromatic N) is 2. The second-order valence-corrected chi connectivity index (χ2v) is 6.47. The first kappa shape index (κ1) is 19.2. The van der Waals surface area contributed by atoms with Crippen LogP contribution < -0.4 is 5.73 Å². The van der Waals surface area contributed by atoms with Crippen LogP contribution in [0.1, 0.15) is 73.1 Å². The Morgan fingerprint density at radius 1 is 1.20 bits per heavy atom. The molecule has 1 unspecified atom stereocenters. The van der Waals surface area contributed by atoms with Gasteiger partial charge in [-0.1, -0.05) is 45.7 Å². The van der Waals surface area contributed by atoms with Gasteiger partial charge in [-0.15, -0.1) is 0 Å². The van der Waals surface area contributed by atoms with Gasteiger partial charge in [0.2, 0.25) is 0 Å². The third-order valence-corrected chi connectivity index (χ3v) is 4.31. The first-order chi connectivity index (χ1) is 9.38. The average molecular weight is 285 g/mol. The molecular weight excluding hydrogens is 250 g/mol. The van der Waals surface area contributed by atoms with Gasteiger partial charge in [0.15, 0.2) is 0 Å². The molecule has 0 aliphatic carbocycles. The maximum absolute atomic E-state index is 8.77. The minimum absolute atomic E-state index is 0.209. The first-order valence-electron chi connectivity index (χ1n) is 8.11. The normalized spacial score (nSPS) is 14.8. The number of nitrogens with two attached hydrogens (primary N) is 1. The van der Waals surface area contributed by atoms with Gasteiger partial charge in [-0.2, -0.15) is 0 Å². The Hall–Kier alpha value is -0.770. The topological polar surface area (TPSA) is 61.8 Å². The van der Waals surface area contributed by atoms with Crippen molar-refractivity contribution in [3.8, 4) is 0 Å². The van der Waals surface area contributed by atoms with Crippen LogP contribution in [0.2, 0.25) is 0 Å². The van der Waals surface area contributed by atoms with Gasteiger partial charge in [-0.3, -0.25) is 0 Å². The molecule has 0 radical (unpaired) electrons. The summed E-state index contributed by atoms with van der Waals surface area (Å²) in [5.41, 5.74) is 5.51. The molecule has 0 saturated carbocycles. The summed E-state index contributed by atoms with van der Waals surface area (Å²) in [6, 6.07) is 0.665. The predicted octanol–water partition coefficient (Wildman–Crippen LogP) is 3.83. The molecule has 120 valence electrons. The number of hydrogen-bond acceptors (Lipinski definition) is 3. The SMILES string of the molecule is CCCCN(CCCCC(C)(C)C(N)=NO)C(C)CC. The van der Waals surface area contributed by atoms with Crippen LogP contribution in [0, 0.1) is 5.41 Å². The van der Waals surface area contributed by atoms with E-state index in [4.69, 9.17) is 10.9 Å². The van der Waals surface area contributed by atoms with Gasteiger partial charge in [0.1, 0.15) is 5.84 Å². The van der Waals surface area contributed by atoms with Crippen LogP contribution in [0.25, 0.3) is 0 Å². The lowest BCUT2D eigenvalue weighted by Gasteiger charge is -2.29. The Morgan fingerprint density at radius 2 is 1.80 bits per heavy atom. The van der Waals surface area contributed by atoms with Gasteiger partial charge in [0, 0.05) is 11.5 Å². The molecule has 0 aromatic carbocycles. The van der Waals surface area contributed by atoms with Gasteiger partial charge in [0.05, 0.1) is 0 Å². The Labute approximate surface area is 125 Å². The molecule has 3 N–H and O–H groups in total. The van der Waals surface area contributed by atoms with Gasteiger partial charge in [0.25, 0.3) is 0 Å². The van der Waals surface area contributed by atoms with Crippen molar-refractivity contribution in [2.45, 2.75) is 79.2 Å². The number of unbranched alkanes of at least 4 members (excludes halogenated alkanes) is 2. The van der Waals surface area contributed by atoms with Crippen molar-refractivity contribution >= 4 is 5.84 Å². The number of oxime groups is 1. The highest BCUT2D eigenvalue weighted by Gasteiger charge is 2.23. The molecule has 1 atom stereocenters. The van der Waals surface area contributed by atoms with E-state index in [1.165, 1.54) is 32.2 Å². The average Bonchev–Trinajstić information content (AvgIpc) is 2.44. The molecule has 0 spiro atoms. The summed E-state index contributed by atoms with van der Waals surface area (Å²) >= 11 is 0. The molecular formula is C16H35N3O. The maximum Gasteiger partial charge on any atom is 0.144 e. The van der Waals surface area contributed by atoms with E-state index < -0.39 is 0 Å². The van der Waals surface area contributed by atoms with Crippen LogP contribution in [-0.4, -0.2) is 35.1 Å². The maximum atomic E-state index is 8.77. The van der Waals surface area contributed by atoms with Crippen molar-refractivity contribution in [3.63, 3.8) is 0 Å². The van der Waals surface area contributed by atoms with Gasteiger partial charge in [-0.05, 0) is 45.7 Å². The number of rotatable bonds is 11. The third-order valence-electron chi connectivity index (χ3n) is 4.31. The van der Waals surface area contributed by atoms with Gasteiger partial charge < -0.3 is 15.8 Å². The number of hydrogen-bond donors (Lipinski definition) is 2. The number of amidine groups is 1. The van der Waals surface area contributed by atoms with E-state index >= 15 is 0 Å². The van der Waals surface area contributed by atoms with Gasteiger partial charge >= 0.3 is 0 Å². The van der Waals surface area contributed by atoms with E-state index in [9.17, 15) is 0 Å². The fourth-order valence-electron chi connectivity index (χ4n) is 2.32. The van der Waals surface area contributed by atoms with Crippen LogP contribution in [0.4, 0.5) is 0 Å². The van der Waals surface area contributed by atoms with E-state index in [0.717, 1.165) is 19.4 Å². The van der Waals surface area contributed by atoms with E-state index in [2.05, 4.69) is 30.8 Å². The molecule has 4 heteroatoms. The Balaban J connectivity index is 4.11. The monoisotopic (exact) mass is 285 g/mol. The molecule has 0 bridgehead atoms. The predicted molar refractivity (Wildman–Crippen MR) is 87.3 cm³/mol. The fraction of sp³-hybridized carbons (Fsp3) is 0.938. The Morgan fingerprint density at radius 3 is 2.30 bits per heavy atom. The molecule has 0 aliphatic rings. The molecule has 0 saturated heterocycles. The minimum Gasteiger partial charge on any atom is -0.409 e. The van der Waals surface area contributed by atoms with Crippen LogP contribution in [0.15, 0.2) is 5.16 Å². The Kier molecular flexibility index (Phi) is 9.64. The highest BCUT2D eigenvalue weighted by atomic mass is 16.4. The molecule has 0 aromatic heterocycles. The summed E-state index contributed by atoms with van der Waals surface area (Å²) < 4.78 is 0. The highest BCUT2D eigenvalue weighted by Crippen LogP contribution is 2.23. The zero-order valence-corrected chi connectivity index (χ0v) is 14.2. The van der Waals surface area contributed by atoms with Crippen LogP contribution in [0.5, 0.6) is 0 Å².